The molecule has 0 aliphatic carbocycles. The molecule has 0 saturated carbocycles. The van der Waals surface area contributed by atoms with Gasteiger partial charge in [0.25, 0.3) is 0 Å². The Kier molecular flexibility index (Phi) is 7.16. The number of ether oxygens (including phenoxy) is 1. The molecule has 2 atom stereocenters. The van der Waals surface area contributed by atoms with Crippen LogP contribution in [-0.4, -0.2) is 39.6 Å². The normalized spacial score (nSPS) is 16.1. The van der Waals surface area contributed by atoms with Gasteiger partial charge in [0.05, 0.1) is 5.60 Å². The number of nitrogens with zero attached hydrogens (tertiary/aromatic N) is 3. The van der Waals surface area contributed by atoms with Crippen molar-refractivity contribution < 1.29 is 4.74 Å². The lowest BCUT2D eigenvalue weighted by Crippen LogP contribution is -2.52. The Labute approximate surface area is 123 Å². The SMILES string of the molecule is CCCn1ncnc1CC(NCC)C(C)(CC)OCC. The van der Waals surface area contributed by atoms with Gasteiger partial charge in [0.2, 0.25) is 0 Å². The van der Waals surface area contributed by atoms with E-state index in [-0.39, 0.29) is 11.6 Å². The van der Waals surface area contributed by atoms with E-state index in [0.29, 0.717) is 0 Å². The third-order valence-corrected chi connectivity index (χ3v) is 3.88. The number of aromatic nitrogens is 3. The second kappa shape index (κ2) is 8.37. The smallest absolute Gasteiger partial charge is 0.138 e. The first kappa shape index (κ1) is 17.1. The van der Waals surface area contributed by atoms with E-state index < -0.39 is 0 Å². The van der Waals surface area contributed by atoms with E-state index in [9.17, 15) is 0 Å². The van der Waals surface area contributed by atoms with Crippen LogP contribution in [0.1, 0.15) is 53.3 Å². The first-order valence-corrected chi connectivity index (χ1v) is 7.85. The molecule has 20 heavy (non-hydrogen) atoms. The molecule has 0 aliphatic heterocycles. The minimum atomic E-state index is -0.173. The monoisotopic (exact) mass is 282 g/mol. The van der Waals surface area contributed by atoms with Crippen LogP contribution < -0.4 is 5.32 Å². The van der Waals surface area contributed by atoms with Gasteiger partial charge in [0.1, 0.15) is 12.2 Å². The molecule has 1 N–H and O–H groups in total. The first-order chi connectivity index (χ1) is 9.61. The summed E-state index contributed by atoms with van der Waals surface area (Å²) in [5.41, 5.74) is -0.173. The van der Waals surface area contributed by atoms with Crippen molar-refractivity contribution in [1.82, 2.24) is 20.1 Å². The van der Waals surface area contributed by atoms with E-state index in [1.165, 1.54) is 0 Å². The number of hydrogen-bond donors (Lipinski definition) is 1. The summed E-state index contributed by atoms with van der Waals surface area (Å²) in [6, 6.07) is 0.247. The molecule has 1 heterocycles. The number of rotatable bonds is 10. The van der Waals surface area contributed by atoms with Crippen molar-refractivity contribution in [2.45, 2.75) is 72.1 Å². The highest BCUT2D eigenvalue weighted by atomic mass is 16.5. The molecule has 0 spiro atoms. The zero-order valence-corrected chi connectivity index (χ0v) is 13.6. The Balaban J connectivity index is 2.87. The van der Waals surface area contributed by atoms with Gasteiger partial charge >= 0.3 is 0 Å². The van der Waals surface area contributed by atoms with Gasteiger partial charge in [-0.3, -0.25) is 4.68 Å². The Morgan fingerprint density at radius 1 is 1.35 bits per heavy atom. The molecule has 0 aromatic carbocycles. The van der Waals surface area contributed by atoms with E-state index >= 15 is 0 Å². The van der Waals surface area contributed by atoms with Crippen LogP contribution in [0.25, 0.3) is 0 Å². The molecule has 1 rings (SSSR count). The second-order valence-corrected chi connectivity index (χ2v) is 5.31. The number of aryl methyl sites for hydroxylation is 1. The molecular formula is C15H30N4O. The summed E-state index contributed by atoms with van der Waals surface area (Å²) < 4.78 is 8.03. The summed E-state index contributed by atoms with van der Waals surface area (Å²) in [5, 5.41) is 7.87. The number of hydrogen-bond acceptors (Lipinski definition) is 4. The Bertz CT molecular complexity index is 380. The molecular weight excluding hydrogens is 252 g/mol. The fraction of sp³-hybridized carbons (Fsp3) is 0.867. The zero-order valence-electron chi connectivity index (χ0n) is 13.6. The maximum atomic E-state index is 6.02. The van der Waals surface area contributed by atoms with E-state index in [1.54, 1.807) is 6.33 Å². The lowest BCUT2D eigenvalue weighted by molar-refractivity contribution is -0.0552. The average molecular weight is 282 g/mol. The Hall–Kier alpha value is -0.940. The number of likely N-dealkylation sites (N-methyl/N-ethyl adjacent to an activating group) is 1. The lowest BCUT2D eigenvalue weighted by Gasteiger charge is -2.37. The second-order valence-electron chi connectivity index (χ2n) is 5.31. The highest BCUT2D eigenvalue weighted by Gasteiger charge is 2.33. The Morgan fingerprint density at radius 3 is 2.65 bits per heavy atom. The van der Waals surface area contributed by atoms with Gasteiger partial charge in [-0.2, -0.15) is 5.10 Å². The molecule has 116 valence electrons. The van der Waals surface area contributed by atoms with Gasteiger partial charge in [-0.05, 0) is 33.2 Å². The molecule has 0 radical (unpaired) electrons. The topological polar surface area (TPSA) is 52.0 Å². The van der Waals surface area contributed by atoms with Crippen molar-refractivity contribution in [1.29, 1.82) is 0 Å². The summed E-state index contributed by atoms with van der Waals surface area (Å²) in [5.74, 6) is 1.04. The van der Waals surface area contributed by atoms with Crippen LogP contribution in [0.15, 0.2) is 6.33 Å². The van der Waals surface area contributed by atoms with Gasteiger partial charge in [-0.1, -0.05) is 20.8 Å². The molecule has 0 bridgehead atoms. The maximum Gasteiger partial charge on any atom is 0.138 e. The quantitative estimate of drug-likeness (QED) is 0.716. The third kappa shape index (κ3) is 4.28. The van der Waals surface area contributed by atoms with Crippen LogP contribution in [-0.2, 0) is 17.7 Å². The van der Waals surface area contributed by atoms with Crippen molar-refractivity contribution in [2.75, 3.05) is 13.2 Å². The zero-order chi connectivity index (χ0) is 15.0. The molecule has 0 saturated heterocycles. The summed E-state index contributed by atoms with van der Waals surface area (Å²) in [6.07, 6.45) is 4.54. The average Bonchev–Trinajstić information content (AvgIpc) is 2.86. The maximum absolute atomic E-state index is 6.02. The largest absolute Gasteiger partial charge is 0.374 e. The third-order valence-electron chi connectivity index (χ3n) is 3.88. The van der Waals surface area contributed by atoms with E-state index in [2.05, 4.69) is 50.0 Å². The van der Waals surface area contributed by atoms with Crippen LogP contribution in [0.5, 0.6) is 0 Å². The minimum Gasteiger partial charge on any atom is -0.374 e. The van der Waals surface area contributed by atoms with E-state index in [0.717, 1.165) is 44.8 Å². The Morgan fingerprint density at radius 2 is 2.10 bits per heavy atom. The minimum absolute atomic E-state index is 0.173. The molecule has 1 aromatic rings. The van der Waals surface area contributed by atoms with Crippen LogP contribution in [0.4, 0.5) is 0 Å². The van der Waals surface area contributed by atoms with Crippen molar-refractivity contribution in [3.63, 3.8) is 0 Å². The molecule has 0 aliphatic rings. The van der Waals surface area contributed by atoms with Gasteiger partial charge in [-0.15, -0.1) is 0 Å². The van der Waals surface area contributed by atoms with Crippen molar-refractivity contribution in [2.24, 2.45) is 0 Å². The molecule has 2 unspecified atom stereocenters. The first-order valence-electron chi connectivity index (χ1n) is 7.85. The van der Waals surface area contributed by atoms with Gasteiger partial charge in [0.15, 0.2) is 0 Å². The van der Waals surface area contributed by atoms with Crippen LogP contribution in [0.3, 0.4) is 0 Å². The summed E-state index contributed by atoms with van der Waals surface area (Å²) >= 11 is 0. The fourth-order valence-corrected chi connectivity index (χ4v) is 2.56. The standard InChI is InChI=1S/C15H30N4O/c1-6-10-19-14(17-12-18-19)11-13(16-8-3)15(5,7-2)20-9-4/h12-13,16H,6-11H2,1-5H3. The van der Waals surface area contributed by atoms with Crippen LogP contribution in [0.2, 0.25) is 0 Å². The highest BCUT2D eigenvalue weighted by molar-refractivity contribution is 4.98. The molecule has 5 heteroatoms. The highest BCUT2D eigenvalue weighted by Crippen LogP contribution is 2.23. The van der Waals surface area contributed by atoms with Crippen molar-refractivity contribution >= 4 is 0 Å². The van der Waals surface area contributed by atoms with Crippen molar-refractivity contribution in [3.05, 3.63) is 12.2 Å². The molecule has 0 fully saturated rings. The molecule has 1 aromatic heterocycles. The van der Waals surface area contributed by atoms with E-state index in [4.69, 9.17) is 4.74 Å². The van der Waals surface area contributed by atoms with Crippen LogP contribution >= 0.6 is 0 Å². The molecule has 0 amide bonds. The summed E-state index contributed by atoms with van der Waals surface area (Å²) in [4.78, 5) is 4.42. The molecule has 5 nitrogen and oxygen atoms in total. The lowest BCUT2D eigenvalue weighted by atomic mass is 9.90. The summed E-state index contributed by atoms with van der Waals surface area (Å²) in [7, 11) is 0. The van der Waals surface area contributed by atoms with Crippen molar-refractivity contribution in [3.8, 4) is 0 Å². The van der Waals surface area contributed by atoms with Crippen LogP contribution in [0, 0.1) is 0 Å². The van der Waals surface area contributed by atoms with Gasteiger partial charge < -0.3 is 10.1 Å². The predicted molar refractivity (Wildman–Crippen MR) is 81.8 cm³/mol. The fourth-order valence-electron chi connectivity index (χ4n) is 2.56. The van der Waals surface area contributed by atoms with E-state index in [1.807, 2.05) is 4.68 Å². The summed E-state index contributed by atoms with van der Waals surface area (Å²) in [6.45, 7) is 13.3. The van der Waals surface area contributed by atoms with Gasteiger partial charge in [-0.25, -0.2) is 4.98 Å². The number of nitrogens with one attached hydrogen (secondary N) is 1. The predicted octanol–water partition coefficient (Wildman–Crippen LogP) is 2.41. The van der Waals surface area contributed by atoms with Gasteiger partial charge in [0, 0.05) is 25.6 Å².